The molecule has 0 atom stereocenters. The van der Waals surface area contributed by atoms with E-state index in [9.17, 15) is 31.1 Å². The summed E-state index contributed by atoms with van der Waals surface area (Å²) < 4.78 is 87.4. The largest absolute Gasteiger partial charge is 0.573 e. The van der Waals surface area contributed by atoms with Crippen LogP contribution < -0.4 is 10.1 Å². The Balaban J connectivity index is 1.89. The van der Waals surface area contributed by atoms with Crippen molar-refractivity contribution in [2.75, 3.05) is 11.6 Å². The molecule has 0 saturated carbocycles. The van der Waals surface area contributed by atoms with E-state index in [1.165, 1.54) is 30.5 Å². The number of halogens is 4. The average Bonchev–Trinajstić information content (AvgIpc) is 3.32. The summed E-state index contributed by atoms with van der Waals surface area (Å²) in [6.45, 7) is 0.723. The zero-order valence-corrected chi connectivity index (χ0v) is 23.3. The predicted molar refractivity (Wildman–Crippen MR) is 149 cm³/mol. The third-order valence-corrected chi connectivity index (χ3v) is 7.18. The van der Waals surface area contributed by atoms with Crippen molar-refractivity contribution in [2.24, 2.45) is 0 Å². The highest BCUT2D eigenvalue weighted by Crippen LogP contribution is 2.40. The molecule has 0 fully saturated rings. The minimum Gasteiger partial charge on any atom is -0.440 e. The number of ether oxygens (including phenoxy) is 1. The molecule has 0 aliphatic carbocycles. The summed E-state index contributed by atoms with van der Waals surface area (Å²) in [6, 6.07) is 13.6. The lowest BCUT2D eigenvalue weighted by Crippen LogP contribution is -2.16. The number of aliphatic hydroxyl groups is 1. The normalized spacial score (nSPS) is 11.9. The number of hydrogen-bond donors (Lipinski definition) is 3. The minimum absolute atomic E-state index is 0.158. The van der Waals surface area contributed by atoms with Crippen molar-refractivity contribution in [3.05, 3.63) is 84.1 Å². The van der Waals surface area contributed by atoms with Gasteiger partial charge in [0.15, 0.2) is 21.5 Å². The van der Waals surface area contributed by atoms with Crippen molar-refractivity contribution in [3.8, 4) is 45.5 Å². The zero-order valence-electron chi connectivity index (χ0n) is 22.5. The van der Waals surface area contributed by atoms with Crippen molar-refractivity contribution in [1.82, 2.24) is 4.98 Å². The summed E-state index contributed by atoms with van der Waals surface area (Å²) in [5, 5.41) is 28.9. The summed E-state index contributed by atoms with van der Waals surface area (Å²) >= 11 is 0. The fourth-order valence-electron chi connectivity index (χ4n) is 4.17. The fraction of sp³-hybridized carbons (Fsp3) is 0.138. The quantitative estimate of drug-likeness (QED) is 0.145. The van der Waals surface area contributed by atoms with Gasteiger partial charge in [0, 0.05) is 41.8 Å². The molecule has 0 aliphatic heterocycles. The summed E-state index contributed by atoms with van der Waals surface area (Å²) in [5.41, 5.74) is 1.10. The first-order valence-corrected chi connectivity index (χ1v) is 14.1. The van der Waals surface area contributed by atoms with Crippen molar-refractivity contribution < 1.29 is 40.2 Å². The molecule has 0 unspecified atom stereocenters. The van der Waals surface area contributed by atoms with Gasteiger partial charge in [0.25, 0.3) is 0 Å². The first-order chi connectivity index (χ1) is 20.2. The first kappa shape index (κ1) is 30.9. The van der Waals surface area contributed by atoms with Gasteiger partial charge in [-0.2, -0.15) is 5.26 Å². The number of aliphatic hydroxyl groups excluding tert-OH is 1. The van der Waals surface area contributed by atoms with Crippen LogP contribution in [0.5, 0.6) is 5.75 Å². The zero-order chi connectivity index (χ0) is 31.5. The van der Waals surface area contributed by atoms with Crippen molar-refractivity contribution >= 4 is 21.2 Å². The van der Waals surface area contributed by atoms with Gasteiger partial charge in [-0.25, -0.2) is 17.8 Å². The maximum absolute atomic E-state index is 14.9. The van der Waals surface area contributed by atoms with E-state index in [4.69, 9.17) is 15.1 Å². The molecule has 0 radical (unpaired) electrons. The highest BCUT2D eigenvalue weighted by atomic mass is 32.2. The number of aryl methyl sites for hydroxylation is 1. The summed E-state index contributed by atoms with van der Waals surface area (Å²) in [7, 11) is -3.92. The van der Waals surface area contributed by atoms with Crippen LogP contribution in [0, 0.1) is 29.5 Å². The number of nitrogens with one attached hydrogen (secondary N) is 2. The van der Waals surface area contributed by atoms with E-state index < -0.39 is 34.4 Å². The second-order valence-electron chi connectivity index (χ2n) is 9.11. The lowest BCUT2D eigenvalue weighted by Gasteiger charge is -2.14. The summed E-state index contributed by atoms with van der Waals surface area (Å²) in [6.07, 6.45) is -1.46. The van der Waals surface area contributed by atoms with Crippen molar-refractivity contribution in [2.45, 2.75) is 24.8 Å². The molecule has 0 bridgehead atoms. The number of hydrogen-bond acceptors (Lipinski definition) is 9. The Kier molecular flexibility index (Phi) is 8.70. The standard InChI is InChI=1S/C29H22F4N4O5S/c1-16-37-27(17-3-6-21(7-4-17)42-29(31,32)33)28(41-16)22-11-18(5-8-25(22)36-10-9-20(35)14-34)19-12-24(30)23(15-38)26(13-19)43(2,39)40/h3-13,35-36,38H,15H2,1-2H3/b10-9-,35-20?. The van der Waals surface area contributed by atoms with Crippen LogP contribution in [-0.2, 0) is 16.4 Å². The van der Waals surface area contributed by atoms with Crippen LogP contribution in [0.2, 0.25) is 0 Å². The average molecular weight is 615 g/mol. The molecule has 0 saturated heterocycles. The Morgan fingerprint density at radius 2 is 1.81 bits per heavy atom. The van der Waals surface area contributed by atoms with Gasteiger partial charge in [-0.05, 0) is 65.7 Å². The highest BCUT2D eigenvalue weighted by molar-refractivity contribution is 7.90. The molecule has 9 nitrogen and oxygen atoms in total. The molecule has 3 N–H and O–H groups in total. The number of benzene rings is 3. The number of aromatic nitrogens is 1. The Morgan fingerprint density at radius 3 is 2.42 bits per heavy atom. The van der Waals surface area contributed by atoms with E-state index in [2.05, 4.69) is 15.0 Å². The number of anilines is 1. The molecule has 0 aliphatic rings. The Bertz CT molecular complexity index is 1880. The van der Waals surface area contributed by atoms with Crippen LogP contribution in [0.3, 0.4) is 0 Å². The SMILES string of the molecule is Cc1nc(-c2ccc(OC(F)(F)F)cc2)c(-c2cc(-c3cc(F)c(CO)c(S(C)(=O)=O)c3)ccc2N/C=C\C(=N)C#N)o1. The number of allylic oxidation sites excluding steroid dienone is 1. The molecule has 3 aromatic carbocycles. The van der Waals surface area contributed by atoms with E-state index in [1.54, 1.807) is 31.2 Å². The number of rotatable bonds is 9. The maximum atomic E-state index is 14.9. The lowest BCUT2D eigenvalue weighted by molar-refractivity contribution is -0.274. The van der Waals surface area contributed by atoms with Gasteiger partial charge >= 0.3 is 6.36 Å². The lowest BCUT2D eigenvalue weighted by atomic mass is 9.97. The maximum Gasteiger partial charge on any atom is 0.573 e. The van der Waals surface area contributed by atoms with Gasteiger partial charge in [-0.15, -0.1) is 13.2 Å². The smallest absolute Gasteiger partial charge is 0.440 e. The van der Waals surface area contributed by atoms with Crippen LogP contribution in [0.15, 0.2) is 76.2 Å². The number of sulfone groups is 1. The highest BCUT2D eigenvalue weighted by Gasteiger charge is 2.31. The van der Waals surface area contributed by atoms with Gasteiger partial charge in [0.2, 0.25) is 0 Å². The van der Waals surface area contributed by atoms with Gasteiger partial charge in [-0.1, -0.05) is 6.07 Å². The van der Waals surface area contributed by atoms with E-state index in [0.717, 1.165) is 24.5 Å². The Morgan fingerprint density at radius 1 is 1.14 bits per heavy atom. The van der Waals surface area contributed by atoms with Gasteiger partial charge in [0.1, 0.15) is 29.0 Å². The molecular formula is C29H22F4N4O5S. The van der Waals surface area contributed by atoms with Crippen LogP contribution in [0.4, 0.5) is 23.2 Å². The third kappa shape index (κ3) is 7.26. The number of oxazole rings is 1. The number of alkyl halides is 3. The van der Waals surface area contributed by atoms with Crippen LogP contribution in [0.1, 0.15) is 11.5 Å². The van der Waals surface area contributed by atoms with Crippen LogP contribution >= 0.6 is 0 Å². The Hall–Kier alpha value is -5.00. The van der Waals surface area contributed by atoms with Gasteiger partial charge in [-0.3, -0.25) is 5.41 Å². The number of nitrogens with zero attached hydrogens (tertiary/aromatic N) is 2. The minimum atomic E-state index is -4.88. The molecule has 4 aromatic rings. The second kappa shape index (κ2) is 12.1. The third-order valence-electron chi connectivity index (χ3n) is 6.01. The molecule has 1 heterocycles. The van der Waals surface area contributed by atoms with E-state index in [0.29, 0.717) is 22.4 Å². The topological polar surface area (TPSA) is 149 Å². The van der Waals surface area contributed by atoms with Gasteiger partial charge < -0.3 is 19.6 Å². The van der Waals surface area contributed by atoms with Gasteiger partial charge in [0.05, 0.1) is 11.5 Å². The first-order valence-electron chi connectivity index (χ1n) is 12.2. The molecule has 0 spiro atoms. The van der Waals surface area contributed by atoms with E-state index >= 15 is 0 Å². The second-order valence-corrected chi connectivity index (χ2v) is 11.1. The molecule has 14 heteroatoms. The predicted octanol–water partition coefficient (Wildman–Crippen LogP) is 6.39. The molecule has 43 heavy (non-hydrogen) atoms. The molecular weight excluding hydrogens is 592 g/mol. The summed E-state index contributed by atoms with van der Waals surface area (Å²) in [5.74, 6) is -1.01. The molecule has 4 rings (SSSR count). The molecule has 0 amide bonds. The van der Waals surface area contributed by atoms with Crippen LogP contribution in [-0.4, -0.2) is 36.8 Å². The van der Waals surface area contributed by atoms with E-state index in [-0.39, 0.29) is 39.1 Å². The fourth-order valence-corrected chi connectivity index (χ4v) is 5.12. The number of nitriles is 1. The van der Waals surface area contributed by atoms with Crippen LogP contribution in [0.25, 0.3) is 33.7 Å². The summed E-state index contributed by atoms with van der Waals surface area (Å²) in [4.78, 5) is 4.01. The Labute approximate surface area is 243 Å². The molecule has 222 valence electrons. The monoisotopic (exact) mass is 614 g/mol. The molecule has 1 aromatic heterocycles. The van der Waals surface area contributed by atoms with Crippen molar-refractivity contribution in [1.29, 1.82) is 10.7 Å². The van der Waals surface area contributed by atoms with E-state index in [1.807, 2.05) is 0 Å². The van der Waals surface area contributed by atoms with Crippen molar-refractivity contribution in [3.63, 3.8) is 0 Å².